The van der Waals surface area contributed by atoms with Crippen LogP contribution < -0.4 is 5.32 Å². The van der Waals surface area contributed by atoms with Gasteiger partial charge in [0.05, 0.1) is 12.7 Å². The standard InChI is InChI=1S/C17H16FNO2/c1-21-17(20)15-10-13(6-7-16(15)18)19-14-8-11-4-2-3-5-12(11)9-14/h2-7,10,14,19H,8-9H2,1H3. The van der Waals surface area contributed by atoms with Crippen LogP contribution in [0.3, 0.4) is 0 Å². The predicted molar refractivity (Wildman–Crippen MR) is 79.0 cm³/mol. The zero-order valence-electron chi connectivity index (χ0n) is 11.7. The smallest absolute Gasteiger partial charge is 0.340 e. The summed E-state index contributed by atoms with van der Waals surface area (Å²) in [7, 11) is 1.25. The lowest BCUT2D eigenvalue weighted by Gasteiger charge is -2.14. The molecule has 0 saturated carbocycles. The highest BCUT2D eigenvalue weighted by Crippen LogP contribution is 2.25. The molecular weight excluding hydrogens is 269 g/mol. The van der Waals surface area contributed by atoms with Crippen molar-refractivity contribution in [3.05, 3.63) is 65.0 Å². The summed E-state index contributed by atoms with van der Waals surface area (Å²) in [4.78, 5) is 11.5. The Morgan fingerprint density at radius 2 is 1.86 bits per heavy atom. The summed E-state index contributed by atoms with van der Waals surface area (Å²) in [6.07, 6.45) is 1.86. The Labute approximate surface area is 122 Å². The van der Waals surface area contributed by atoms with E-state index in [1.54, 1.807) is 6.07 Å². The molecule has 0 bridgehead atoms. The van der Waals surface area contributed by atoms with Crippen LogP contribution in [0.2, 0.25) is 0 Å². The summed E-state index contributed by atoms with van der Waals surface area (Å²) in [5, 5.41) is 3.36. The molecule has 2 aromatic carbocycles. The minimum atomic E-state index is -0.661. The number of anilines is 1. The number of fused-ring (bicyclic) bond motifs is 1. The summed E-state index contributed by atoms with van der Waals surface area (Å²) >= 11 is 0. The van der Waals surface area contributed by atoms with Crippen LogP contribution >= 0.6 is 0 Å². The van der Waals surface area contributed by atoms with E-state index in [-0.39, 0.29) is 11.6 Å². The molecule has 0 radical (unpaired) electrons. The molecule has 0 saturated heterocycles. The Morgan fingerprint density at radius 1 is 1.19 bits per heavy atom. The van der Waals surface area contributed by atoms with Crippen LogP contribution in [0.5, 0.6) is 0 Å². The molecule has 3 rings (SSSR count). The zero-order valence-corrected chi connectivity index (χ0v) is 11.7. The number of hydrogen-bond donors (Lipinski definition) is 1. The van der Waals surface area contributed by atoms with E-state index in [9.17, 15) is 9.18 Å². The molecule has 2 aromatic rings. The van der Waals surface area contributed by atoms with Crippen LogP contribution in [0, 0.1) is 5.82 Å². The van der Waals surface area contributed by atoms with Crippen molar-refractivity contribution in [1.29, 1.82) is 0 Å². The lowest BCUT2D eigenvalue weighted by atomic mass is 10.1. The number of carbonyl (C=O) groups excluding carboxylic acids is 1. The van der Waals surface area contributed by atoms with Gasteiger partial charge in [0.1, 0.15) is 5.82 Å². The monoisotopic (exact) mass is 285 g/mol. The van der Waals surface area contributed by atoms with Gasteiger partial charge >= 0.3 is 5.97 Å². The van der Waals surface area contributed by atoms with E-state index in [4.69, 9.17) is 0 Å². The fourth-order valence-corrected chi connectivity index (χ4v) is 2.78. The number of nitrogens with one attached hydrogen (secondary N) is 1. The van der Waals surface area contributed by atoms with E-state index in [1.807, 2.05) is 12.1 Å². The first-order chi connectivity index (χ1) is 10.2. The van der Waals surface area contributed by atoms with Gasteiger partial charge in [-0.15, -0.1) is 0 Å². The normalized spacial score (nSPS) is 13.8. The van der Waals surface area contributed by atoms with Gasteiger partial charge in [-0.3, -0.25) is 0 Å². The van der Waals surface area contributed by atoms with Crippen LogP contribution in [-0.4, -0.2) is 19.1 Å². The number of hydrogen-bond acceptors (Lipinski definition) is 3. The molecule has 1 aliphatic carbocycles. The van der Waals surface area contributed by atoms with Crippen molar-refractivity contribution >= 4 is 11.7 Å². The molecule has 108 valence electrons. The second kappa shape index (κ2) is 5.56. The Balaban J connectivity index is 1.76. The van der Waals surface area contributed by atoms with Crippen molar-refractivity contribution in [2.75, 3.05) is 12.4 Å². The number of ether oxygens (including phenoxy) is 1. The maximum Gasteiger partial charge on any atom is 0.340 e. The largest absolute Gasteiger partial charge is 0.465 e. The molecular formula is C17H16FNO2. The zero-order chi connectivity index (χ0) is 14.8. The average molecular weight is 285 g/mol. The summed E-state index contributed by atoms with van der Waals surface area (Å²) < 4.78 is 18.2. The van der Waals surface area contributed by atoms with Crippen LogP contribution in [0.4, 0.5) is 10.1 Å². The van der Waals surface area contributed by atoms with Crippen LogP contribution in [0.15, 0.2) is 42.5 Å². The topological polar surface area (TPSA) is 38.3 Å². The first kappa shape index (κ1) is 13.6. The molecule has 0 amide bonds. The van der Waals surface area contributed by atoms with Gasteiger partial charge in [-0.25, -0.2) is 9.18 Å². The quantitative estimate of drug-likeness (QED) is 0.880. The van der Waals surface area contributed by atoms with E-state index >= 15 is 0 Å². The molecule has 0 atom stereocenters. The van der Waals surface area contributed by atoms with Gasteiger partial charge in [-0.2, -0.15) is 0 Å². The van der Waals surface area contributed by atoms with Crippen molar-refractivity contribution < 1.29 is 13.9 Å². The highest BCUT2D eigenvalue weighted by Gasteiger charge is 2.21. The summed E-state index contributed by atoms with van der Waals surface area (Å²) in [6.45, 7) is 0. The van der Waals surface area contributed by atoms with Gasteiger partial charge < -0.3 is 10.1 Å². The molecule has 1 N–H and O–H groups in total. The van der Waals surface area contributed by atoms with Gasteiger partial charge in [-0.05, 0) is 42.2 Å². The third kappa shape index (κ3) is 2.75. The minimum Gasteiger partial charge on any atom is -0.465 e. The maximum atomic E-state index is 13.6. The molecule has 0 aliphatic heterocycles. The summed E-state index contributed by atoms with van der Waals surface area (Å²) in [6, 6.07) is 13.0. The van der Waals surface area contributed by atoms with Crippen LogP contribution in [0.1, 0.15) is 21.5 Å². The van der Waals surface area contributed by atoms with Gasteiger partial charge in [-0.1, -0.05) is 24.3 Å². The molecule has 4 heteroatoms. The third-order valence-electron chi connectivity index (χ3n) is 3.79. The summed E-state index contributed by atoms with van der Waals surface area (Å²) in [5.41, 5.74) is 3.36. The molecule has 0 spiro atoms. The number of carbonyl (C=O) groups is 1. The number of methoxy groups -OCH3 is 1. The molecule has 21 heavy (non-hydrogen) atoms. The molecule has 3 nitrogen and oxygen atoms in total. The second-order valence-electron chi connectivity index (χ2n) is 5.20. The van der Waals surface area contributed by atoms with E-state index < -0.39 is 11.8 Å². The van der Waals surface area contributed by atoms with E-state index in [1.165, 1.54) is 30.4 Å². The first-order valence-electron chi connectivity index (χ1n) is 6.88. The van der Waals surface area contributed by atoms with Crippen molar-refractivity contribution in [2.45, 2.75) is 18.9 Å². The maximum absolute atomic E-state index is 13.6. The molecule has 0 aromatic heterocycles. The average Bonchev–Trinajstić information content (AvgIpc) is 2.90. The number of esters is 1. The SMILES string of the molecule is COC(=O)c1cc(NC2Cc3ccccc3C2)ccc1F. The predicted octanol–water partition coefficient (Wildman–Crippen LogP) is 3.19. The fourth-order valence-electron chi connectivity index (χ4n) is 2.78. The van der Waals surface area contributed by atoms with E-state index in [2.05, 4.69) is 22.2 Å². The highest BCUT2D eigenvalue weighted by molar-refractivity contribution is 5.90. The van der Waals surface area contributed by atoms with E-state index in [0.717, 1.165) is 18.5 Å². The lowest BCUT2D eigenvalue weighted by Crippen LogP contribution is -2.19. The number of rotatable bonds is 3. The van der Waals surface area contributed by atoms with Gasteiger partial charge in [0.15, 0.2) is 0 Å². The highest BCUT2D eigenvalue weighted by atomic mass is 19.1. The lowest BCUT2D eigenvalue weighted by molar-refractivity contribution is 0.0595. The van der Waals surface area contributed by atoms with Crippen molar-refractivity contribution in [2.24, 2.45) is 0 Å². The molecule has 0 heterocycles. The first-order valence-corrected chi connectivity index (χ1v) is 6.88. The van der Waals surface area contributed by atoms with E-state index in [0.29, 0.717) is 0 Å². The van der Waals surface area contributed by atoms with Gasteiger partial charge in [0, 0.05) is 11.7 Å². The number of halogens is 1. The minimum absolute atomic E-state index is 0.0435. The summed E-state index contributed by atoms with van der Waals surface area (Å²) in [5.74, 6) is -1.23. The van der Waals surface area contributed by atoms with Gasteiger partial charge in [0.25, 0.3) is 0 Å². The Hall–Kier alpha value is -2.36. The van der Waals surface area contributed by atoms with Crippen molar-refractivity contribution in [1.82, 2.24) is 0 Å². The molecule has 1 aliphatic rings. The third-order valence-corrected chi connectivity index (χ3v) is 3.79. The van der Waals surface area contributed by atoms with Crippen molar-refractivity contribution in [3.8, 4) is 0 Å². The Morgan fingerprint density at radius 3 is 2.48 bits per heavy atom. The molecule has 0 unspecified atom stereocenters. The Kier molecular flexibility index (Phi) is 3.60. The second-order valence-corrected chi connectivity index (χ2v) is 5.20. The van der Waals surface area contributed by atoms with Gasteiger partial charge in [0.2, 0.25) is 0 Å². The fraction of sp³-hybridized carbons (Fsp3) is 0.235. The van der Waals surface area contributed by atoms with Crippen LogP contribution in [-0.2, 0) is 17.6 Å². The van der Waals surface area contributed by atoms with Crippen molar-refractivity contribution in [3.63, 3.8) is 0 Å². The van der Waals surface area contributed by atoms with Crippen LogP contribution in [0.25, 0.3) is 0 Å². The molecule has 0 fully saturated rings. The Bertz CT molecular complexity index is 659. The number of benzene rings is 2.